The minimum absolute atomic E-state index is 0.0811. The highest BCUT2D eigenvalue weighted by molar-refractivity contribution is 7.21. The molecule has 1 fully saturated rings. The van der Waals surface area contributed by atoms with Crippen LogP contribution in [0.15, 0.2) is 60.8 Å². The Hall–Kier alpha value is -3.73. The quantitative estimate of drug-likeness (QED) is 0.234. The molecule has 8 nitrogen and oxygen atoms in total. The monoisotopic (exact) mass is 546 g/mol. The summed E-state index contributed by atoms with van der Waals surface area (Å²) < 4.78 is 29.0. The van der Waals surface area contributed by atoms with Crippen molar-refractivity contribution in [3.05, 3.63) is 77.7 Å². The van der Waals surface area contributed by atoms with E-state index in [0.29, 0.717) is 37.8 Å². The number of aromatic nitrogens is 3. The summed E-state index contributed by atoms with van der Waals surface area (Å²) in [4.78, 5) is 11.9. The Balaban J connectivity index is 1.24. The molecular weight excluding hydrogens is 515 g/mol. The number of hydrogen-bond donors (Lipinski definition) is 2. The zero-order valence-electron chi connectivity index (χ0n) is 22.0. The van der Waals surface area contributed by atoms with Gasteiger partial charge in [0.25, 0.3) is 0 Å². The first-order chi connectivity index (χ1) is 19.0. The van der Waals surface area contributed by atoms with Crippen LogP contribution >= 0.6 is 11.3 Å². The van der Waals surface area contributed by atoms with Crippen LogP contribution in [-0.4, -0.2) is 46.9 Å². The number of nitrogens with zero attached hydrogens (tertiary/aromatic N) is 4. The van der Waals surface area contributed by atoms with E-state index in [0.717, 1.165) is 50.7 Å². The number of hydrazine groups is 1. The number of thiophene rings is 1. The fourth-order valence-corrected chi connectivity index (χ4v) is 5.94. The van der Waals surface area contributed by atoms with E-state index in [1.54, 1.807) is 17.4 Å². The second kappa shape index (κ2) is 11.2. The molecule has 0 amide bonds. The van der Waals surface area contributed by atoms with Crippen molar-refractivity contribution in [1.29, 1.82) is 0 Å². The Labute approximate surface area is 230 Å². The molecule has 2 N–H and O–H groups in total. The van der Waals surface area contributed by atoms with Gasteiger partial charge in [0.15, 0.2) is 10.9 Å². The topological polar surface area (TPSA) is 76.5 Å². The Bertz CT molecular complexity index is 1590. The maximum atomic E-state index is 14.3. The number of para-hydroxylation sites is 1. The van der Waals surface area contributed by atoms with Crippen LogP contribution in [0.1, 0.15) is 25.0 Å². The average Bonchev–Trinajstić information content (AvgIpc) is 3.50. The normalized spacial score (nSPS) is 14.0. The number of nitrogens with one attached hydrogen (secondary N) is 2. The summed E-state index contributed by atoms with van der Waals surface area (Å²) in [7, 11) is 0. The summed E-state index contributed by atoms with van der Waals surface area (Å²) in [5.41, 5.74) is 10.2. The number of rotatable bonds is 9. The van der Waals surface area contributed by atoms with E-state index in [2.05, 4.69) is 38.6 Å². The number of morpholine rings is 1. The fourth-order valence-electron chi connectivity index (χ4n) is 4.85. The maximum absolute atomic E-state index is 14.3. The lowest BCUT2D eigenvalue weighted by atomic mass is 10.2. The van der Waals surface area contributed by atoms with Gasteiger partial charge >= 0.3 is 0 Å². The van der Waals surface area contributed by atoms with Crippen LogP contribution in [0.2, 0.25) is 0 Å². The summed E-state index contributed by atoms with van der Waals surface area (Å²) >= 11 is 1.57. The van der Waals surface area contributed by atoms with Crippen molar-refractivity contribution in [3.63, 3.8) is 0 Å². The Kier molecular flexibility index (Phi) is 7.32. The van der Waals surface area contributed by atoms with Crippen LogP contribution in [0.4, 0.5) is 16.2 Å². The number of anilines is 2. The molecule has 4 heterocycles. The van der Waals surface area contributed by atoms with Crippen LogP contribution in [0.3, 0.4) is 0 Å². The maximum Gasteiger partial charge on any atom is 0.239 e. The smallest absolute Gasteiger partial charge is 0.239 e. The molecule has 1 aliphatic heterocycles. The molecule has 0 saturated carbocycles. The van der Waals surface area contributed by atoms with Crippen LogP contribution < -0.4 is 20.5 Å². The van der Waals surface area contributed by atoms with E-state index in [-0.39, 0.29) is 11.9 Å². The van der Waals surface area contributed by atoms with Crippen molar-refractivity contribution >= 4 is 44.2 Å². The zero-order valence-corrected chi connectivity index (χ0v) is 22.8. The average molecular weight is 547 g/mol. The highest BCUT2D eigenvalue weighted by Gasteiger charge is 2.20. The molecule has 5 aromatic rings. The lowest BCUT2D eigenvalue weighted by molar-refractivity contribution is 0.122. The molecule has 0 spiro atoms. The van der Waals surface area contributed by atoms with Gasteiger partial charge in [-0.15, -0.1) is 0 Å². The molecule has 1 aliphatic rings. The second-order valence-electron chi connectivity index (χ2n) is 9.79. The second-order valence-corrected chi connectivity index (χ2v) is 10.8. The van der Waals surface area contributed by atoms with Gasteiger partial charge in [-0.25, -0.2) is 14.8 Å². The molecule has 0 aliphatic carbocycles. The van der Waals surface area contributed by atoms with Gasteiger partial charge in [-0.05, 0) is 31.5 Å². The van der Waals surface area contributed by atoms with E-state index in [4.69, 9.17) is 19.4 Å². The van der Waals surface area contributed by atoms with Gasteiger partial charge < -0.3 is 18.9 Å². The Morgan fingerprint density at radius 3 is 2.67 bits per heavy atom. The number of ether oxygens (including phenoxy) is 2. The third-order valence-electron chi connectivity index (χ3n) is 6.64. The SMILES string of the molecule is CC(C)Oc1cc2nc(NNCc3cn(Cc4ccccc4F)c4ccccc34)nc(N3CCOCC3)c2s1. The van der Waals surface area contributed by atoms with E-state index in [9.17, 15) is 4.39 Å². The molecule has 1 saturated heterocycles. The Morgan fingerprint density at radius 1 is 1.05 bits per heavy atom. The fraction of sp³-hybridized carbons (Fsp3) is 0.310. The first kappa shape index (κ1) is 25.5. The summed E-state index contributed by atoms with van der Waals surface area (Å²) in [6, 6.07) is 17.1. The van der Waals surface area contributed by atoms with Crippen molar-refractivity contribution in [2.24, 2.45) is 0 Å². The van der Waals surface area contributed by atoms with Crippen molar-refractivity contribution < 1.29 is 13.9 Å². The van der Waals surface area contributed by atoms with Gasteiger partial charge in [0.1, 0.15) is 5.82 Å². The number of halogens is 1. The lowest BCUT2D eigenvalue weighted by Crippen LogP contribution is -2.37. The van der Waals surface area contributed by atoms with Gasteiger partial charge in [-0.2, -0.15) is 4.98 Å². The molecule has 10 heteroatoms. The Morgan fingerprint density at radius 2 is 1.85 bits per heavy atom. The summed E-state index contributed by atoms with van der Waals surface area (Å²) in [6.07, 6.45) is 2.15. The van der Waals surface area contributed by atoms with Crippen molar-refractivity contribution in [2.75, 3.05) is 36.6 Å². The van der Waals surface area contributed by atoms with E-state index < -0.39 is 0 Å². The molecule has 39 heavy (non-hydrogen) atoms. The molecule has 0 unspecified atom stereocenters. The third kappa shape index (κ3) is 5.54. The molecule has 0 radical (unpaired) electrons. The standard InChI is InChI=1S/C29H31FN6O2S/c1-19(2)38-26-15-24-27(39-26)28(35-11-13-37-14-12-35)33-29(32-24)34-31-16-21-18-36(25-10-6-4-8-22(21)25)17-20-7-3-5-9-23(20)30/h3-10,15,18-19,31H,11-14,16-17H2,1-2H3,(H,32,33,34). The minimum atomic E-state index is -0.199. The van der Waals surface area contributed by atoms with E-state index >= 15 is 0 Å². The third-order valence-corrected chi connectivity index (χ3v) is 7.65. The van der Waals surface area contributed by atoms with E-state index in [1.165, 1.54) is 6.07 Å². The lowest BCUT2D eigenvalue weighted by Gasteiger charge is -2.28. The highest BCUT2D eigenvalue weighted by atomic mass is 32.1. The van der Waals surface area contributed by atoms with Gasteiger partial charge in [-0.3, -0.25) is 5.43 Å². The van der Waals surface area contributed by atoms with Crippen molar-refractivity contribution in [3.8, 4) is 5.06 Å². The molecule has 2 aromatic carbocycles. The summed E-state index contributed by atoms with van der Waals surface area (Å²) in [5, 5.41) is 1.94. The number of benzene rings is 2. The van der Waals surface area contributed by atoms with Crippen molar-refractivity contribution in [2.45, 2.75) is 33.0 Å². The van der Waals surface area contributed by atoms with Gasteiger partial charge in [0.2, 0.25) is 5.95 Å². The van der Waals surface area contributed by atoms with Gasteiger partial charge in [-0.1, -0.05) is 47.7 Å². The predicted molar refractivity (Wildman–Crippen MR) is 154 cm³/mol. The highest BCUT2D eigenvalue weighted by Crippen LogP contribution is 2.37. The molecule has 6 rings (SSSR count). The number of hydrogen-bond acceptors (Lipinski definition) is 8. The number of fused-ring (bicyclic) bond motifs is 2. The largest absolute Gasteiger partial charge is 0.481 e. The minimum Gasteiger partial charge on any atom is -0.481 e. The van der Waals surface area contributed by atoms with Crippen molar-refractivity contribution in [1.82, 2.24) is 20.0 Å². The predicted octanol–water partition coefficient (Wildman–Crippen LogP) is 5.57. The van der Waals surface area contributed by atoms with Gasteiger partial charge in [0.05, 0.1) is 36.1 Å². The molecule has 3 aromatic heterocycles. The van der Waals surface area contributed by atoms with Crippen LogP contribution in [0.25, 0.3) is 21.1 Å². The summed E-state index contributed by atoms with van der Waals surface area (Å²) in [6.45, 7) is 7.92. The first-order valence-corrected chi connectivity index (χ1v) is 14.0. The molecule has 202 valence electrons. The molecular formula is C29H31FN6O2S. The molecule has 0 atom stereocenters. The first-order valence-electron chi connectivity index (χ1n) is 13.1. The van der Waals surface area contributed by atoms with E-state index in [1.807, 2.05) is 44.2 Å². The van der Waals surface area contributed by atoms with Crippen LogP contribution in [-0.2, 0) is 17.8 Å². The molecule has 0 bridgehead atoms. The summed E-state index contributed by atoms with van der Waals surface area (Å²) in [5.74, 6) is 1.18. The van der Waals surface area contributed by atoms with Crippen LogP contribution in [0.5, 0.6) is 5.06 Å². The van der Waals surface area contributed by atoms with Gasteiger partial charge in [0, 0.05) is 48.4 Å². The van der Waals surface area contributed by atoms with Crippen LogP contribution in [0, 0.1) is 5.82 Å². The zero-order chi connectivity index (χ0) is 26.8.